The third kappa shape index (κ3) is 4.35. The predicted molar refractivity (Wildman–Crippen MR) is 98.3 cm³/mol. The topological polar surface area (TPSA) is 112 Å². The summed E-state index contributed by atoms with van der Waals surface area (Å²) in [5.41, 5.74) is 0.198. The number of para-hydroxylation sites is 1. The molecule has 0 aliphatic carbocycles. The van der Waals surface area contributed by atoms with Crippen LogP contribution in [0.2, 0.25) is 0 Å². The van der Waals surface area contributed by atoms with Crippen LogP contribution in [0.3, 0.4) is 0 Å². The quantitative estimate of drug-likeness (QED) is 0.431. The van der Waals surface area contributed by atoms with Gasteiger partial charge < -0.3 is 14.5 Å². The van der Waals surface area contributed by atoms with Crippen LogP contribution >= 0.6 is 11.8 Å². The van der Waals surface area contributed by atoms with Crippen molar-refractivity contribution in [2.24, 2.45) is 0 Å². The molecule has 2 aromatic rings. The van der Waals surface area contributed by atoms with Gasteiger partial charge in [-0.15, -0.1) is 0 Å². The van der Waals surface area contributed by atoms with Gasteiger partial charge in [-0.05, 0) is 31.2 Å². The van der Waals surface area contributed by atoms with E-state index in [1.807, 2.05) is 6.07 Å². The van der Waals surface area contributed by atoms with Crippen LogP contribution in [-0.2, 0) is 0 Å². The normalized spacial score (nSPS) is 10.0. The van der Waals surface area contributed by atoms with E-state index < -0.39 is 5.56 Å². The van der Waals surface area contributed by atoms with Gasteiger partial charge in [0.1, 0.15) is 17.3 Å². The molecule has 0 saturated heterocycles. The van der Waals surface area contributed by atoms with Crippen LogP contribution in [0.1, 0.15) is 24.8 Å². The van der Waals surface area contributed by atoms with Crippen molar-refractivity contribution < 1.29 is 9.47 Å². The van der Waals surface area contributed by atoms with Gasteiger partial charge in [0.25, 0.3) is 5.56 Å². The molecule has 134 valence electrons. The zero-order valence-corrected chi connectivity index (χ0v) is 15.4. The van der Waals surface area contributed by atoms with Crippen molar-refractivity contribution in [3.63, 3.8) is 0 Å². The number of methoxy groups -OCH3 is 1. The first-order chi connectivity index (χ1) is 12.7. The number of rotatable bonds is 8. The van der Waals surface area contributed by atoms with Crippen molar-refractivity contribution >= 4 is 11.8 Å². The number of nitrogens with one attached hydrogen (secondary N) is 1. The summed E-state index contributed by atoms with van der Waals surface area (Å²) in [6, 6.07) is 9.23. The number of unbranched alkanes of at least 4 members (excludes halogenated alkanes) is 2. The van der Waals surface area contributed by atoms with Crippen LogP contribution in [0.5, 0.6) is 11.5 Å². The third-order valence-corrected chi connectivity index (χ3v) is 4.17. The Hall–Kier alpha value is -2.97. The van der Waals surface area contributed by atoms with Crippen molar-refractivity contribution in [2.45, 2.75) is 24.4 Å². The summed E-state index contributed by atoms with van der Waals surface area (Å²) in [5.74, 6) is 0.910. The standard InChI is InChI=1S/C18H18N4O3S/c1-24-14-8-6-7-12(16(14)25-10-5-3-4-9-19)15-13(11-20)17(23)22-18(21-15)26-2/h6-8H,3-5,10H2,1-2H3,(H,21,22,23). The Morgan fingerprint density at radius 1 is 1.31 bits per heavy atom. The van der Waals surface area contributed by atoms with E-state index in [0.29, 0.717) is 41.7 Å². The highest BCUT2D eigenvalue weighted by Gasteiger charge is 2.19. The van der Waals surface area contributed by atoms with Crippen molar-refractivity contribution in [1.29, 1.82) is 10.5 Å². The molecule has 0 bridgehead atoms. The fourth-order valence-electron chi connectivity index (χ4n) is 2.34. The molecule has 1 aromatic carbocycles. The molecule has 0 amide bonds. The zero-order chi connectivity index (χ0) is 18.9. The number of hydrogen-bond donors (Lipinski definition) is 1. The summed E-state index contributed by atoms with van der Waals surface area (Å²) in [4.78, 5) is 19.2. The van der Waals surface area contributed by atoms with Crippen molar-refractivity contribution in [1.82, 2.24) is 9.97 Å². The molecule has 0 aliphatic heterocycles. The second-order valence-corrected chi connectivity index (χ2v) is 6.01. The highest BCUT2D eigenvalue weighted by atomic mass is 32.2. The highest BCUT2D eigenvalue weighted by molar-refractivity contribution is 7.98. The lowest BCUT2D eigenvalue weighted by Gasteiger charge is -2.15. The Labute approximate surface area is 155 Å². The SMILES string of the molecule is COc1cccc(-c2nc(SC)[nH]c(=O)c2C#N)c1OCCCCC#N. The largest absolute Gasteiger partial charge is 0.493 e. The molecule has 1 N–H and O–H groups in total. The van der Waals surface area contributed by atoms with Crippen molar-refractivity contribution in [2.75, 3.05) is 20.0 Å². The third-order valence-electron chi connectivity index (χ3n) is 3.59. The number of hydrogen-bond acceptors (Lipinski definition) is 7. The second kappa shape index (κ2) is 9.50. The van der Waals surface area contributed by atoms with E-state index in [4.69, 9.17) is 14.7 Å². The van der Waals surface area contributed by atoms with E-state index in [9.17, 15) is 10.1 Å². The summed E-state index contributed by atoms with van der Waals surface area (Å²) >= 11 is 1.27. The Morgan fingerprint density at radius 2 is 2.12 bits per heavy atom. The highest BCUT2D eigenvalue weighted by Crippen LogP contribution is 2.38. The lowest BCUT2D eigenvalue weighted by molar-refractivity contribution is 0.288. The Bertz CT molecular complexity index is 912. The van der Waals surface area contributed by atoms with E-state index in [1.165, 1.54) is 18.9 Å². The Balaban J connectivity index is 2.50. The summed E-state index contributed by atoms with van der Waals surface area (Å²) in [7, 11) is 1.52. The van der Waals surface area contributed by atoms with Gasteiger partial charge in [0.15, 0.2) is 16.7 Å². The average Bonchev–Trinajstić information content (AvgIpc) is 2.67. The molecule has 0 spiro atoms. The predicted octanol–water partition coefficient (Wildman–Crippen LogP) is 3.11. The van der Waals surface area contributed by atoms with Gasteiger partial charge in [-0.2, -0.15) is 10.5 Å². The number of H-pyrrole nitrogens is 1. The van der Waals surface area contributed by atoms with Gasteiger partial charge in [0.2, 0.25) is 0 Å². The van der Waals surface area contributed by atoms with Crippen LogP contribution in [0, 0.1) is 22.7 Å². The maximum Gasteiger partial charge on any atom is 0.270 e. The summed E-state index contributed by atoms with van der Waals surface area (Å²) in [5, 5.41) is 18.4. The van der Waals surface area contributed by atoms with E-state index >= 15 is 0 Å². The first kappa shape index (κ1) is 19.4. The molecule has 2 rings (SSSR count). The summed E-state index contributed by atoms with van der Waals surface area (Å²) < 4.78 is 11.2. The fourth-order valence-corrected chi connectivity index (χ4v) is 2.72. The maximum absolute atomic E-state index is 12.2. The van der Waals surface area contributed by atoms with Gasteiger partial charge in [0, 0.05) is 12.0 Å². The first-order valence-electron chi connectivity index (χ1n) is 7.91. The number of benzene rings is 1. The van der Waals surface area contributed by atoms with Crippen molar-refractivity contribution in [3.8, 4) is 34.9 Å². The smallest absolute Gasteiger partial charge is 0.270 e. The lowest BCUT2D eigenvalue weighted by Crippen LogP contribution is -2.15. The van der Waals surface area contributed by atoms with E-state index in [2.05, 4.69) is 16.0 Å². The number of ether oxygens (including phenoxy) is 2. The molecule has 1 heterocycles. The average molecular weight is 370 g/mol. The molecule has 0 radical (unpaired) electrons. The summed E-state index contributed by atoms with van der Waals surface area (Å²) in [6.07, 6.45) is 3.68. The van der Waals surface area contributed by atoms with Gasteiger partial charge in [0.05, 0.1) is 19.8 Å². The minimum atomic E-state index is -0.496. The molecule has 0 fully saturated rings. The van der Waals surface area contributed by atoms with E-state index in [0.717, 1.165) is 6.42 Å². The monoisotopic (exact) mass is 370 g/mol. The molecular weight excluding hydrogens is 352 g/mol. The molecule has 1 aromatic heterocycles. The van der Waals surface area contributed by atoms with Crippen LogP contribution in [0.15, 0.2) is 28.2 Å². The molecule has 0 saturated carbocycles. The van der Waals surface area contributed by atoms with E-state index in [1.54, 1.807) is 24.5 Å². The van der Waals surface area contributed by atoms with Crippen LogP contribution in [-0.4, -0.2) is 29.9 Å². The fraction of sp³-hybridized carbons (Fsp3) is 0.333. The Kier molecular flexibility index (Phi) is 7.07. The molecular formula is C18H18N4O3S. The number of aromatic amines is 1. The molecule has 26 heavy (non-hydrogen) atoms. The lowest BCUT2D eigenvalue weighted by atomic mass is 10.1. The first-order valence-corrected chi connectivity index (χ1v) is 9.14. The minimum absolute atomic E-state index is 0.0783. The van der Waals surface area contributed by atoms with Gasteiger partial charge in [-0.1, -0.05) is 17.8 Å². The number of nitrogens with zero attached hydrogens (tertiary/aromatic N) is 3. The van der Waals surface area contributed by atoms with Gasteiger partial charge in [-0.3, -0.25) is 4.79 Å². The second-order valence-electron chi connectivity index (χ2n) is 5.21. The molecule has 8 heteroatoms. The van der Waals surface area contributed by atoms with Crippen LogP contribution in [0.25, 0.3) is 11.3 Å². The minimum Gasteiger partial charge on any atom is -0.493 e. The van der Waals surface area contributed by atoms with E-state index in [-0.39, 0.29) is 11.3 Å². The number of aromatic nitrogens is 2. The van der Waals surface area contributed by atoms with Crippen LogP contribution < -0.4 is 15.0 Å². The number of thioether (sulfide) groups is 1. The van der Waals surface area contributed by atoms with Gasteiger partial charge in [-0.25, -0.2) is 4.98 Å². The zero-order valence-electron chi connectivity index (χ0n) is 14.5. The number of nitriles is 2. The van der Waals surface area contributed by atoms with Crippen molar-refractivity contribution in [3.05, 3.63) is 34.1 Å². The van der Waals surface area contributed by atoms with Crippen LogP contribution in [0.4, 0.5) is 0 Å². The molecule has 0 atom stereocenters. The Morgan fingerprint density at radius 3 is 2.77 bits per heavy atom. The molecule has 0 unspecified atom stereocenters. The molecule has 7 nitrogen and oxygen atoms in total. The maximum atomic E-state index is 12.2. The summed E-state index contributed by atoms with van der Waals surface area (Å²) in [6.45, 7) is 0.384. The van der Waals surface area contributed by atoms with Gasteiger partial charge >= 0.3 is 0 Å². The molecule has 0 aliphatic rings.